The highest BCUT2D eigenvalue weighted by Gasteiger charge is 2.14. The maximum atomic E-state index is 11.6. The first kappa shape index (κ1) is 16.1. The Hall–Kier alpha value is -3.29. The van der Waals surface area contributed by atoms with Crippen LogP contribution in [0.5, 0.6) is 17.4 Å². The molecule has 0 amide bonds. The lowest BCUT2D eigenvalue weighted by atomic mass is 10.4. The number of ether oxygens (including phenoxy) is 3. The number of esters is 3. The Balaban J connectivity index is 1.84. The van der Waals surface area contributed by atoms with Gasteiger partial charge in [0, 0.05) is 25.4 Å². The lowest BCUT2D eigenvalue weighted by Crippen LogP contribution is -2.18. The molecule has 2 aromatic rings. The van der Waals surface area contributed by atoms with Gasteiger partial charge in [0.25, 0.3) is 0 Å². The zero-order valence-electron chi connectivity index (χ0n) is 12.1. The van der Waals surface area contributed by atoms with Crippen molar-refractivity contribution in [3.8, 4) is 17.4 Å². The van der Waals surface area contributed by atoms with Gasteiger partial charge in [0.15, 0.2) is 0 Å². The molecule has 2 heterocycles. The third-order valence-electron chi connectivity index (χ3n) is 2.36. The molecule has 2 aromatic heterocycles. The van der Waals surface area contributed by atoms with Crippen LogP contribution in [0.3, 0.4) is 0 Å². The Morgan fingerprint density at radius 1 is 0.913 bits per heavy atom. The van der Waals surface area contributed by atoms with Gasteiger partial charge in [-0.2, -0.15) is 0 Å². The third-order valence-corrected chi connectivity index (χ3v) is 2.36. The predicted octanol–water partition coefficient (Wildman–Crippen LogP) is 1.30. The normalized spacial score (nSPS) is 9.78. The van der Waals surface area contributed by atoms with Crippen molar-refractivity contribution in [1.29, 1.82) is 0 Å². The first-order valence-electron chi connectivity index (χ1n) is 6.49. The van der Waals surface area contributed by atoms with E-state index in [0.29, 0.717) is 0 Å². The van der Waals surface area contributed by atoms with E-state index in [1.54, 1.807) is 0 Å². The summed E-state index contributed by atoms with van der Waals surface area (Å²) >= 11 is 0. The Morgan fingerprint density at radius 2 is 1.61 bits per heavy atom. The fourth-order valence-electron chi connectivity index (χ4n) is 1.50. The molecule has 8 heteroatoms. The maximum absolute atomic E-state index is 11.6. The molecule has 0 saturated heterocycles. The maximum Gasteiger partial charge on any atom is 0.323 e. The Labute approximate surface area is 131 Å². The topological polar surface area (TPSA) is 105 Å². The van der Waals surface area contributed by atoms with Gasteiger partial charge >= 0.3 is 17.9 Å². The summed E-state index contributed by atoms with van der Waals surface area (Å²) in [6.45, 7) is 1.25. The molecule has 0 saturated carbocycles. The molecule has 0 bridgehead atoms. The summed E-state index contributed by atoms with van der Waals surface area (Å²) in [4.78, 5) is 41.5. The number of carbonyl (C=O) groups excluding carboxylic acids is 3. The monoisotopic (exact) mass is 316 g/mol. The van der Waals surface area contributed by atoms with E-state index in [0.717, 1.165) is 0 Å². The highest BCUT2D eigenvalue weighted by Crippen LogP contribution is 2.14. The minimum absolute atomic E-state index is 0.0254. The fraction of sp³-hybridized carbons (Fsp3) is 0.133. The standard InChI is InChI=1S/C15H12N2O6/c1-10(18)21-12-2-3-13(17-9-12)23-15(20)8-14(19)22-11-4-6-16-7-5-11/h2-7,9H,8H2,1H3. The van der Waals surface area contributed by atoms with Gasteiger partial charge in [0.05, 0.1) is 6.20 Å². The summed E-state index contributed by atoms with van der Waals surface area (Å²) in [6, 6.07) is 5.72. The van der Waals surface area contributed by atoms with E-state index < -0.39 is 24.3 Å². The molecule has 2 rings (SSSR count). The van der Waals surface area contributed by atoms with Crippen LogP contribution >= 0.6 is 0 Å². The van der Waals surface area contributed by atoms with Gasteiger partial charge in [-0.05, 0) is 18.2 Å². The summed E-state index contributed by atoms with van der Waals surface area (Å²) < 4.78 is 14.6. The number of nitrogens with zero attached hydrogens (tertiary/aromatic N) is 2. The van der Waals surface area contributed by atoms with Gasteiger partial charge in [-0.15, -0.1) is 0 Å². The van der Waals surface area contributed by atoms with E-state index in [4.69, 9.17) is 14.2 Å². The van der Waals surface area contributed by atoms with Crippen molar-refractivity contribution in [2.24, 2.45) is 0 Å². The van der Waals surface area contributed by atoms with E-state index in [9.17, 15) is 14.4 Å². The van der Waals surface area contributed by atoms with Crippen molar-refractivity contribution in [3.63, 3.8) is 0 Å². The number of aromatic nitrogens is 2. The average molecular weight is 316 g/mol. The zero-order chi connectivity index (χ0) is 16.7. The second-order valence-electron chi connectivity index (χ2n) is 4.23. The molecule has 0 N–H and O–H groups in total. The average Bonchev–Trinajstić information content (AvgIpc) is 2.49. The highest BCUT2D eigenvalue weighted by molar-refractivity contribution is 5.93. The minimum atomic E-state index is -0.822. The van der Waals surface area contributed by atoms with Gasteiger partial charge in [-0.25, -0.2) is 4.98 Å². The summed E-state index contributed by atoms with van der Waals surface area (Å²) in [6.07, 6.45) is 3.56. The van der Waals surface area contributed by atoms with Gasteiger partial charge in [-0.1, -0.05) is 0 Å². The van der Waals surface area contributed by atoms with E-state index >= 15 is 0 Å². The van der Waals surface area contributed by atoms with Crippen LogP contribution in [0.1, 0.15) is 13.3 Å². The van der Waals surface area contributed by atoms with Crippen LogP contribution in [0.25, 0.3) is 0 Å². The minimum Gasteiger partial charge on any atom is -0.426 e. The lowest BCUT2D eigenvalue weighted by Gasteiger charge is -2.05. The van der Waals surface area contributed by atoms with E-state index in [1.807, 2.05) is 0 Å². The lowest BCUT2D eigenvalue weighted by molar-refractivity contribution is -0.144. The molecule has 0 fully saturated rings. The molecular weight excluding hydrogens is 304 g/mol. The van der Waals surface area contributed by atoms with Gasteiger partial charge in [0.2, 0.25) is 5.88 Å². The Kier molecular flexibility index (Phi) is 5.35. The first-order valence-corrected chi connectivity index (χ1v) is 6.49. The molecule has 0 spiro atoms. The summed E-state index contributed by atoms with van der Waals surface area (Å²) in [5.74, 6) is -1.61. The van der Waals surface area contributed by atoms with Gasteiger partial charge < -0.3 is 14.2 Å². The third kappa shape index (κ3) is 5.54. The molecule has 8 nitrogen and oxygen atoms in total. The van der Waals surface area contributed by atoms with Crippen molar-refractivity contribution < 1.29 is 28.6 Å². The molecule has 0 atom stereocenters. The SMILES string of the molecule is CC(=O)Oc1ccc(OC(=O)CC(=O)Oc2ccncc2)nc1. The number of rotatable bonds is 5. The van der Waals surface area contributed by atoms with Crippen LogP contribution in [0.2, 0.25) is 0 Å². The van der Waals surface area contributed by atoms with Gasteiger partial charge in [0.1, 0.15) is 17.9 Å². The van der Waals surface area contributed by atoms with Crippen molar-refractivity contribution in [1.82, 2.24) is 9.97 Å². The second-order valence-corrected chi connectivity index (χ2v) is 4.23. The van der Waals surface area contributed by atoms with Crippen LogP contribution in [0.15, 0.2) is 42.9 Å². The molecule has 0 aliphatic heterocycles. The largest absolute Gasteiger partial charge is 0.426 e. The van der Waals surface area contributed by atoms with Gasteiger partial charge in [-0.3, -0.25) is 19.4 Å². The first-order chi connectivity index (χ1) is 11.0. The Bertz CT molecular complexity index is 700. The number of hydrogen-bond donors (Lipinski definition) is 0. The van der Waals surface area contributed by atoms with Crippen LogP contribution in [0, 0.1) is 0 Å². The van der Waals surface area contributed by atoms with Crippen molar-refractivity contribution >= 4 is 17.9 Å². The van der Waals surface area contributed by atoms with E-state index in [-0.39, 0.29) is 17.4 Å². The van der Waals surface area contributed by atoms with E-state index in [2.05, 4.69) is 9.97 Å². The predicted molar refractivity (Wildman–Crippen MR) is 75.7 cm³/mol. The molecule has 0 aliphatic carbocycles. The molecule has 0 aliphatic rings. The van der Waals surface area contributed by atoms with Crippen LogP contribution < -0.4 is 14.2 Å². The number of carbonyl (C=O) groups is 3. The summed E-state index contributed by atoms with van der Waals surface area (Å²) in [5, 5.41) is 0. The number of hydrogen-bond acceptors (Lipinski definition) is 8. The number of pyridine rings is 2. The molecule has 0 radical (unpaired) electrons. The van der Waals surface area contributed by atoms with E-state index in [1.165, 1.54) is 49.8 Å². The van der Waals surface area contributed by atoms with Crippen LogP contribution in [0.4, 0.5) is 0 Å². The summed E-state index contributed by atoms with van der Waals surface area (Å²) in [7, 11) is 0. The molecule has 118 valence electrons. The Morgan fingerprint density at radius 3 is 2.22 bits per heavy atom. The zero-order valence-corrected chi connectivity index (χ0v) is 12.1. The highest BCUT2D eigenvalue weighted by atomic mass is 16.6. The van der Waals surface area contributed by atoms with Crippen molar-refractivity contribution in [3.05, 3.63) is 42.9 Å². The van der Waals surface area contributed by atoms with Crippen LogP contribution in [-0.2, 0) is 14.4 Å². The second kappa shape index (κ2) is 7.64. The van der Waals surface area contributed by atoms with Crippen LogP contribution in [-0.4, -0.2) is 27.9 Å². The van der Waals surface area contributed by atoms with Crippen molar-refractivity contribution in [2.45, 2.75) is 13.3 Å². The quantitative estimate of drug-likeness (QED) is 0.600. The summed E-state index contributed by atoms with van der Waals surface area (Å²) in [5.41, 5.74) is 0. The smallest absolute Gasteiger partial charge is 0.323 e. The molecular formula is C15H12N2O6. The molecule has 0 unspecified atom stereocenters. The molecule has 0 aromatic carbocycles. The fourth-order valence-corrected chi connectivity index (χ4v) is 1.50. The molecule has 23 heavy (non-hydrogen) atoms. The van der Waals surface area contributed by atoms with Crippen molar-refractivity contribution in [2.75, 3.05) is 0 Å².